The van der Waals surface area contributed by atoms with Crippen LogP contribution in [0.1, 0.15) is 38.5 Å². The fourth-order valence-electron chi connectivity index (χ4n) is 2.85. The zero-order valence-electron chi connectivity index (χ0n) is 10.8. The van der Waals surface area contributed by atoms with Gasteiger partial charge in [-0.1, -0.05) is 19.3 Å². The minimum Gasteiger partial charge on any atom is -0.387 e. The van der Waals surface area contributed by atoms with Gasteiger partial charge in [-0.05, 0) is 31.7 Å². The van der Waals surface area contributed by atoms with E-state index in [0.29, 0.717) is 18.9 Å². The average molecular weight is 276 g/mol. The molecule has 0 spiro atoms. The van der Waals surface area contributed by atoms with Crippen LogP contribution in [0.25, 0.3) is 0 Å². The normalized spacial score (nSPS) is 30.7. The second-order valence-electron chi connectivity index (χ2n) is 5.76. The maximum atomic E-state index is 12.0. The molecule has 3 N–H and O–H groups in total. The van der Waals surface area contributed by atoms with Gasteiger partial charge in [0, 0.05) is 13.1 Å². The van der Waals surface area contributed by atoms with Crippen LogP contribution in [0.5, 0.6) is 0 Å². The lowest BCUT2D eigenvalue weighted by Gasteiger charge is -2.24. The summed E-state index contributed by atoms with van der Waals surface area (Å²) in [6.07, 6.45) is 6.18. The van der Waals surface area contributed by atoms with Gasteiger partial charge in [0.2, 0.25) is 10.0 Å². The van der Waals surface area contributed by atoms with Gasteiger partial charge in [0.25, 0.3) is 0 Å². The highest BCUT2D eigenvalue weighted by atomic mass is 32.2. The summed E-state index contributed by atoms with van der Waals surface area (Å²) in [7, 11) is -3.24. The monoisotopic (exact) mass is 276 g/mol. The van der Waals surface area contributed by atoms with Crippen molar-refractivity contribution >= 4 is 10.0 Å². The van der Waals surface area contributed by atoms with E-state index in [1.54, 1.807) is 0 Å². The van der Waals surface area contributed by atoms with Crippen LogP contribution in [0, 0.1) is 5.92 Å². The second-order valence-corrected chi connectivity index (χ2v) is 7.61. The van der Waals surface area contributed by atoms with Gasteiger partial charge in [-0.15, -0.1) is 0 Å². The fourth-order valence-corrected chi connectivity index (χ4v) is 4.41. The number of hydrogen-bond donors (Lipinski definition) is 3. The molecule has 0 aromatic heterocycles. The van der Waals surface area contributed by atoms with E-state index in [-0.39, 0.29) is 12.3 Å². The zero-order chi connectivity index (χ0) is 13.1. The lowest BCUT2D eigenvalue weighted by atomic mass is 9.91. The Balaban J connectivity index is 1.79. The summed E-state index contributed by atoms with van der Waals surface area (Å²) in [5.74, 6) is 0.517. The van der Waals surface area contributed by atoms with Crippen molar-refractivity contribution in [2.75, 3.05) is 25.4 Å². The molecule has 1 saturated carbocycles. The smallest absolute Gasteiger partial charge is 0.211 e. The first-order chi connectivity index (χ1) is 8.49. The molecular formula is C12H24N2O3S. The van der Waals surface area contributed by atoms with Crippen LogP contribution < -0.4 is 10.0 Å². The van der Waals surface area contributed by atoms with Crippen molar-refractivity contribution in [1.82, 2.24) is 10.0 Å². The van der Waals surface area contributed by atoms with Crippen LogP contribution in [-0.4, -0.2) is 44.5 Å². The number of sulfonamides is 1. The largest absolute Gasteiger partial charge is 0.387 e. The van der Waals surface area contributed by atoms with Crippen LogP contribution in [0.15, 0.2) is 0 Å². The lowest BCUT2D eigenvalue weighted by molar-refractivity contribution is 0.0667. The van der Waals surface area contributed by atoms with Crippen molar-refractivity contribution in [2.24, 2.45) is 5.92 Å². The lowest BCUT2D eigenvalue weighted by Crippen LogP contribution is -2.45. The van der Waals surface area contributed by atoms with Gasteiger partial charge in [-0.2, -0.15) is 0 Å². The van der Waals surface area contributed by atoms with Crippen molar-refractivity contribution in [3.05, 3.63) is 0 Å². The molecule has 106 valence electrons. The van der Waals surface area contributed by atoms with Crippen molar-refractivity contribution < 1.29 is 13.5 Å². The van der Waals surface area contributed by atoms with Crippen molar-refractivity contribution in [1.29, 1.82) is 0 Å². The molecule has 2 rings (SSSR count). The highest BCUT2D eigenvalue weighted by Gasteiger charge is 2.32. The molecule has 6 heteroatoms. The quantitative estimate of drug-likeness (QED) is 0.671. The third-order valence-corrected chi connectivity index (χ3v) is 5.52. The molecule has 1 heterocycles. The van der Waals surface area contributed by atoms with E-state index in [1.807, 2.05) is 0 Å². The van der Waals surface area contributed by atoms with E-state index in [1.165, 1.54) is 6.42 Å². The van der Waals surface area contributed by atoms with E-state index in [2.05, 4.69) is 10.0 Å². The molecule has 2 aliphatic rings. The van der Waals surface area contributed by atoms with Gasteiger partial charge in [0.1, 0.15) is 0 Å². The molecule has 1 saturated heterocycles. The Labute approximate surface area is 109 Å². The molecule has 1 aliphatic heterocycles. The minimum absolute atomic E-state index is 0.134. The Morgan fingerprint density at radius 1 is 1.28 bits per heavy atom. The Morgan fingerprint density at radius 3 is 2.61 bits per heavy atom. The Bertz CT molecular complexity index is 358. The molecule has 1 aliphatic carbocycles. The summed E-state index contributed by atoms with van der Waals surface area (Å²) in [6.45, 7) is 1.36. The summed E-state index contributed by atoms with van der Waals surface area (Å²) in [5, 5.41) is 13.1. The van der Waals surface area contributed by atoms with Gasteiger partial charge >= 0.3 is 0 Å². The molecule has 0 bridgehead atoms. The zero-order valence-corrected chi connectivity index (χ0v) is 11.6. The van der Waals surface area contributed by atoms with Crippen molar-refractivity contribution in [3.8, 4) is 0 Å². The Hall–Kier alpha value is -0.170. The van der Waals surface area contributed by atoms with Crippen LogP contribution in [0.3, 0.4) is 0 Å². The first-order valence-corrected chi connectivity index (χ1v) is 8.55. The predicted molar refractivity (Wildman–Crippen MR) is 70.8 cm³/mol. The Morgan fingerprint density at radius 2 is 2.00 bits per heavy atom. The molecule has 5 nitrogen and oxygen atoms in total. The third-order valence-electron chi connectivity index (χ3n) is 4.02. The average Bonchev–Trinajstić information content (AvgIpc) is 2.76. The fraction of sp³-hybridized carbons (Fsp3) is 1.00. The van der Waals surface area contributed by atoms with Gasteiger partial charge in [-0.25, -0.2) is 13.1 Å². The summed E-state index contributed by atoms with van der Waals surface area (Å²) in [6, 6.07) is 0. The van der Waals surface area contributed by atoms with Gasteiger partial charge in [0.05, 0.1) is 11.4 Å². The first kappa shape index (κ1) is 14.2. The third kappa shape index (κ3) is 4.19. The SMILES string of the molecule is O=S(=O)(CC1CCCCC1)NCC1(O)CCNC1. The molecule has 1 unspecified atom stereocenters. The van der Waals surface area contributed by atoms with Gasteiger partial charge in [0.15, 0.2) is 0 Å². The van der Waals surface area contributed by atoms with Crippen LogP contribution in [-0.2, 0) is 10.0 Å². The molecule has 0 aromatic carbocycles. The van der Waals surface area contributed by atoms with Crippen molar-refractivity contribution in [3.63, 3.8) is 0 Å². The summed E-state index contributed by atoms with van der Waals surface area (Å²) >= 11 is 0. The van der Waals surface area contributed by atoms with E-state index in [9.17, 15) is 13.5 Å². The predicted octanol–water partition coefficient (Wildman–Crippen LogP) is 0.211. The number of hydrogen-bond acceptors (Lipinski definition) is 4. The van der Waals surface area contributed by atoms with E-state index in [0.717, 1.165) is 32.2 Å². The van der Waals surface area contributed by atoms with E-state index in [4.69, 9.17) is 0 Å². The molecule has 0 aromatic rings. The summed E-state index contributed by atoms with van der Waals surface area (Å²) < 4.78 is 26.5. The molecule has 2 fully saturated rings. The highest BCUT2D eigenvalue weighted by molar-refractivity contribution is 7.89. The standard InChI is InChI=1S/C12H24N2O3S/c15-12(6-7-13-9-12)10-14-18(16,17)8-11-4-2-1-3-5-11/h11,13-15H,1-10H2. The summed E-state index contributed by atoms with van der Waals surface area (Å²) in [5.41, 5.74) is -0.903. The maximum Gasteiger partial charge on any atom is 0.211 e. The number of β-amino-alcohol motifs (C(OH)–C–C–N with tert-alkyl or cyclic N) is 1. The van der Waals surface area contributed by atoms with E-state index < -0.39 is 15.6 Å². The minimum atomic E-state index is -3.24. The molecular weight excluding hydrogens is 252 g/mol. The molecule has 0 radical (unpaired) electrons. The van der Waals surface area contributed by atoms with Crippen LogP contribution in [0.4, 0.5) is 0 Å². The van der Waals surface area contributed by atoms with Crippen LogP contribution >= 0.6 is 0 Å². The Kier molecular flexibility index (Phi) is 4.64. The van der Waals surface area contributed by atoms with E-state index >= 15 is 0 Å². The van der Waals surface area contributed by atoms with Crippen LogP contribution in [0.2, 0.25) is 0 Å². The second kappa shape index (κ2) is 5.86. The number of rotatable bonds is 5. The van der Waals surface area contributed by atoms with Gasteiger partial charge in [-0.3, -0.25) is 0 Å². The maximum absolute atomic E-state index is 12.0. The summed E-state index contributed by atoms with van der Waals surface area (Å²) in [4.78, 5) is 0. The first-order valence-electron chi connectivity index (χ1n) is 6.90. The van der Waals surface area contributed by atoms with Gasteiger partial charge < -0.3 is 10.4 Å². The number of nitrogens with one attached hydrogen (secondary N) is 2. The van der Waals surface area contributed by atoms with Crippen molar-refractivity contribution in [2.45, 2.75) is 44.1 Å². The highest BCUT2D eigenvalue weighted by Crippen LogP contribution is 2.24. The topological polar surface area (TPSA) is 78.4 Å². The molecule has 0 amide bonds. The number of aliphatic hydroxyl groups is 1. The molecule has 1 atom stereocenters. The molecule has 18 heavy (non-hydrogen) atoms.